The van der Waals surface area contributed by atoms with E-state index in [4.69, 9.17) is 5.73 Å². The molecule has 0 bridgehead atoms. The predicted octanol–water partition coefficient (Wildman–Crippen LogP) is 0.995. The topological polar surface area (TPSA) is 96.7 Å². The fourth-order valence-electron chi connectivity index (χ4n) is 1.35. The van der Waals surface area contributed by atoms with Crippen molar-refractivity contribution in [3.05, 3.63) is 27.5 Å². The van der Waals surface area contributed by atoms with E-state index in [-0.39, 0.29) is 11.6 Å². The van der Waals surface area contributed by atoms with Gasteiger partial charge in [0.05, 0.1) is 22.9 Å². The molecule has 0 radical (unpaired) electrons. The smallest absolute Gasteiger partial charge is 0.274 e. The van der Waals surface area contributed by atoms with Crippen molar-refractivity contribution in [1.29, 1.82) is 0 Å². The number of hydrogen-bond donors (Lipinski definition) is 3. The Kier molecular flexibility index (Phi) is 3.10. The van der Waals surface area contributed by atoms with Gasteiger partial charge in [-0.1, -0.05) is 0 Å². The molecule has 0 saturated carbocycles. The van der Waals surface area contributed by atoms with Gasteiger partial charge < -0.3 is 11.1 Å². The molecule has 17 heavy (non-hydrogen) atoms. The summed E-state index contributed by atoms with van der Waals surface area (Å²) in [4.78, 5) is 16.9. The van der Waals surface area contributed by atoms with E-state index in [1.54, 1.807) is 24.5 Å². The van der Waals surface area contributed by atoms with Crippen LogP contribution in [0.4, 0.5) is 5.69 Å². The number of aromatic nitrogens is 3. The van der Waals surface area contributed by atoms with Gasteiger partial charge >= 0.3 is 0 Å². The lowest BCUT2D eigenvalue weighted by Crippen LogP contribution is -2.23. The molecule has 4 N–H and O–H groups in total. The first kappa shape index (κ1) is 11.6. The first-order valence-electron chi connectivity index (χ1n) is 5.08. The predicted molar refractivity (Wildman–Crippen MR) is 65.8 cm³/mol. The van der Waals surface area contributed by atoms with Crippen molar-refractivity contribution in [2.24, 2.45) is 0 Å². The highest BCUT2D eigenvalue weighted by Gasteiger charge is 2.14. The molecule has 0 fully saturated rings. The van der Waals surface area contributed by atoms with Crippen molar-refractivity contribution in [3.8, 4) is 0 Å². The summed E-state index contributed by atoms with van der Waals surface area (Å²) in [6, 6.07) is 0. The summed E-state index contributed by atoms with van der Waals surface area (Å²) in [5.74, 6) is -0.280. The Morgan fingerprint density at radius 2 is 2.35 bits per heavy atom. The Morgan fingerprint density at radius 3 is 2.88 bits per heavy atom. The second-order valence-electron chi connectivity index (χ2n) is 3.64. The van der Waals surface area contributed by atoms with Crippen molar-refractivity contribution in [2.75, 3.05) is 5.73 Å². The second kappa shape index (κ2) is 4.54. The van der Waals surface area contributed by atoms with Crippen molar-refractivity contribution < 1.29 is 4.79 Å². The molecule has 2 aromatic heterocycles. The first-order chi connectivity index (χ1) is 8.08. The number of nitrogen functional groups attached to an aromatic ring is 1. The summed E-state index contributed by atoms with van der Waals surface area (Å²) in [7, 11) is 0. The molecule has 7 heteroatoms. The fraction of sp³-hybridized carbons (Fsp3) is 0.300. The first-order valence-corrected chi connectivity index (χ1v) is 5.89. The van der Waals surface area contributed by atoms with Crippen molar-refractivity contribution in [3.63, 3.8) is 0 Å². The van der Waals surface area contributed by atoms with Crippen LogP contribution in [-0.2, 0) is 6.54 Å². The molecule has 0 aliphatic rings. The molecule has 2 aromatic rings. The monoisotopic (exact) mass is 251 g/mol. The number of anilines is 1. The Hall–Kier alpha value is -1.89. The third-order valence-corrected chi connectivity index (χ3v) is 3.21. The summed E-state index contributed by atoms with van der Waals surface area (Å²) in [5.41, 5.74) is 7.04. The highest BCUT2D eigenvalue weighted by Crippen LogP contribution is 2.14. The molecule has 90 valence electrons. The number of amides is 1. The van der Waals surface area contributed by atoms with Gasteiger partial charge in [0.1, 0.15) is 0 Å². The highest BCUT2D eigenvalue weighted by molar-refractivity contribution is 7.11. The number of nitrogens with zero attached hydrogens (tertiary/aromatic N) is 2. The maximum atomic E-state index is 11.8. The molecule has 0 spiro atoms. The Labute approximate surface area is 102 Å². The van der Waals surface area contributed by atoms with E-state index in [9.17, 15) is 4.79 Å². The average Bonchev–Trinajstić information content (AvgIpc) is 2.84. The van der Waals surface area contributed by atoms with Crippen molar-refractivity contribution in [2.45, 2.75) is 20.4 Å². The maximum Gasteiger partial charge on any atom is 0.274 e. The van der Waals surface area contributed by atoms with Gasteiger partial charge in [-0.15, -0.1) is 11.3 Å². The average molecular weight is 251 g/mol. The molecule has 1 amide bonds. The minimum atomic E-state index is -0.280. The molecule has 2 heterocycles. The molecule has 0 saturated heterocycles. The SMILES string of the molecule is Cc1ncc(CNC(=O)c2n[nH]c(C)c2N)s1. The Bertz CT molecular complexity index is 545. The van der Waals surface area contributed by atoms with Crippen LogP contribution >= 0.6 is 11.3 Å². The molecule has 2 rings (SSSR count). The fourth-order valence-corrected chi connectivity index (χ4v) is 2.08. The minimum absolute atomic E-state index is 0.240. The molecule has 0 aromatic carbocycles. The lowest BCUT2D eigenvalue weighted by molar-refractivity contribution is 0.0947. The maximum absolute atomic E-state index is 11.8. The zero-order chi connectivity index (χ0) is 12.4. The van der Waals surface area contributed by atoms with E-state index in [0.29, 0.717) is 17.9 Å². The van der Waals surface area contributed by atoms with Gasteiger partial charge in [-0.2, -0.15) is 5.10 Å². The number of H-pyrrole nitrogens is 1. The zero-order valence-electron chi connectivity index (χ0n) is 9.57. The third kappa shape index (κ3) is 2.44. The van der Waals surface area contributed by atoms with E-state index in [1.807, 2.05) is 6.92 Å². The summed E-state index contributed by atoms with van der Waals surface area (Å²) in [6.45, 7) is 4.13. The van der Waals surface area contributed by atoms with Crippen molar-refractivity contribution >= 4 is 22.9 Å². The van der Waals surface area contributed by atoms with E-state index < -0.39 is 0 Å². The van der Waals surface area contributed by atoms with Crippen LogP contribution < -0.4 is 11.1 Å². The van der Waals surface area contributed by atoms with Gasteiger partial charge in [0.2, 0.25) is 0 Å². The summed E-state index contributed by atoms with van der Waals surface area (Å²) in [6.07, 6.45) is 1.75. The van der Waals surface area contributed by atoms with Crippen LogP contribution in [-0.4, -0.2) is 21.1 Å². The third-order valence-electron chi connectivity index (χ3n) is 2.30. The summed E-state index contributed by atoms with van der Waals surface area (Å²) >= 11 is 1.55. The van der Waals surface area contributed by atoms with Crippen molar-refractivity contribution in [1.82, 2.24) is 20.5 Å². The van der Waals surface area contributed by atoms with Crippen LogP contribution in [0.3, 0.4) is 0 Å². The Morgan fingerprint density at radius 1 is 1.59 bits per heavy atom. The number of hydrogen-bond acceptors (Lipinski definition) is 5. The lowest BCUT2D eigenvalue weighted by Gasteiger charge is -2.01. The second-order valence-corrected chi connectivity index (χ2v) is 4.96. The number of aromatic amines is 1. The quantitative estimate of drug-likeness (QED) is 0.758. The minimum Gasteiger partial charge on any atom is -0.395 e. The summed E-state index contributed by atoms with van der Waals surface area (Å²) in [5, 5.41) is 10.3. The van der Waals surface area contributed by atoms with E-state index in [1.165, 1.54) is 0 Å². The zero-order valence-corrected chi connectivity index (χ0v) is 10.4. The summed E-state index contributed by atoms with van der Waals surface area (Å²) < 4.78 is 0. The van der Waals surface area contributed by atoms with Crippen LogP contribution in [0.2, 0.25) is 0 Å². The largest absolute Gasteiger partial charge is 0.395 e. The van der Waals surface area contributed by atoms with Gasteiger partial charge in [-0.3, -0.25) is 9.89 Å². The molecule has 6 nitrogen and oxygen atoms in total. The normalized spacial score (nSPS) is 10.5. The number of carbonyl (C=O) groups excluding carboxylic acids is 1. The molecule has 0 unspecified atom stereocenters. The van der Waals surface area contributed by atoms with E-state index in [2.05, 4.69) is 20.5 Å². The van der Waals surface area contributed by atoms with Crippen LogP contribution in [0, 0.1) is 13.8 Å². The lowest BCUT2D eigenvalue weighted by atomic mass is 10.3. The van der Waals surface area contributed by atoms with Gasteiger partial charge in [0, 0.05) is 11.1 Å². The van der Waals surface area contributed by atoms with Gasteiger partial charge in [-0.05, 0) is 13.8 Å². The number of carbonyl (C=O) groups is 1. The van der Waals surface area contributed by atoms with Gasteiger partial charge in [0.15, 0.2) is 5.69 Å². The van der Waals surface area contributed by atoms with E-state index >= 15 is 0 Å². The number of nitrogens with two attached hydrogens (primary N) is 1. The van der Waals surface area contributed by atoms with Gasteiger partial charge in [0.25, 0.3) is 5.91 Å². The number of rotatable bonds is 3. The molecule has 0 aliphatic carbocycles. The number of aryl methyl sites for hydroxylation is 2. The van der Waals surface area contributed by atoms with Crippen LogP contribution in [0.1, 0.15) is 26.1 Å². The van der Waals surface area contributed by atoms with Gasteiger partial charge in [-0.25, -0.2) is 4.98 Å². The van der Waals surface area contributed by atoms with E-state index in [0.717, 1.165) is 9.88 Å². The molecule has 0 aliphatic heterocycles. The van der Waals surface area contributed by atoms with Crippen LogP contribution in [0.15, 0.2) is 6.20 Å². The molecule has 0 atom stereocenters. The number of nitrogens with one attached hydrogen (secondary N) is 2. The van der Waals surface area contributed by atoms with Crippen LogP contribution in [0.25, 0.3) is 0 Å². The Balaban J connectivity index is 2.00. The highest BCUT2D eigenvalue weighted by atomic mass is 32.1. The van der Waals surface area contributed by atoms with Crippen LogP contribution in [0.5, 0.6) is 0 Å². The molecular formula is C10H13N5OS. The molecular weight excluding hydrogens is 238 g/mol. The number of thiazole rings is 1. The standard InChI is InChI=1S/C10H13N5OS/c1-5-8(11)9(15-14-5)10(16)13-4-7-3-12-6(2)17-7/h3H,4,11H2,1-2H3,(H,13,16)(H,14,15).